The molecule has 1 N–H and O–H groups in total. The number of hydrogen-bond donors (Lipinski definition) is 1. The predicted molar refractivity (Wildman–Crippen MR) is 77.7 cm³/mol. The molecule has 1 aromatic heterocycles. The molecule has 1 saturated carbocycles. The molecule has 108 valence electrons. The second-order valence-corrected chi connectivity index (χ2v) is 5.50. The van der Waals surface area contributed by atoms with Crippen LogP contribution in [0.15, 0.2) is 30.5 Å². The van der Waals surface area contributed by atoms with E-state index in [9.17, 15) is 9.18 Å². The normalized spacial score (nSPS) is 20.1. The smallest absolute Gasteiger partial charge is 0.230 e. The van der Waals surface area contributed by atoms with Crippen molar-refractivity contribution >= 4 is 23.5 Å². The molecular weight excluding hydrogens is 293 g/mol. The van der Waals surface area contributed by atoms with Gasteiger partial charge < -0.3 is 0 Å². The van der Waals surface area contributed by atoms with Crippen LogP contribution in [-0.2, 0) is 4.79 Å². The summed E-state index contributed by atoms with van der Waals surface area (Å²) < 4.78 is 13.8. The van der Waals surface area contributed by atoms with Crippen molar-refractivity contribution in [1.29, 1.82) is 0 Å². The highest BCUT2D eigenvalue weighted by molar-refractivity contribution is 6.31. The van der Waals surface area contributed by atoms with E-state index in [1.165, 1.54) is 6.07 Å². The van der Waals surface area contributed by atoms with Crippen molar-refractivity contribution in [2.24, 2.45) is 5.92 Å². The number of nitrogens with one attached hydrogen (secondary N) is 1. The number of rotatable bonds is 3. The lowest BCUT2D eigenvalue weighted by Gasteiger charge is -2.06. The summed E-state index contributed by atoms with van der Waals surface area (Å²) in [5, 5.41) is 3.02. The van der Waals surface area contributed by atoms with Crippen molar-refractivity contribution in [2.75, 3.05) is 5.32 Å². The standard InChI is InChI=1S/C15H13ClFN3O/c1-8-5-6-18-15(19-8)20-14(21)10-7-9(10)13-11(16)3-2-4-12(13)17/h2-6,9-10H,7H2,1H3,(H,18,19,20,21)/t9-,10-/m1/s1. The molecule has 0 aliphatic heterocycles. The van der Waals surface area contributed by atoms with Crippen molar-refractivity contribution < 1.29 is 9.18 Å². The summed E-state index contributed by atoms with van der Waals surface area (Å²) in [6, 6.07) is 6.29. The number of aryl methyl sites for hydroxylation is 1. The van der Waals surface area contributed by atoms with Crippen LogP contribution in [-0.4, -0.2) is 15.9 Å². The average Bonchev–Trinajstić information content (AvgIpc) is 3.19. The molecule has 2 atom stereocenters. The van der Waals surface area contributed by atoms with E-state index >= 15 is 0 Å². The van der Waals surface area contributed by atoms with Crippen LogP contribution in [0, 0.1) is 18.7 Å². The zero-order valence-corrected chi connectivity index (χ0v) is 12.1. The van der Waals surface area contributed by atoms with Crippen LogP contribution in [0.4, 0.5) is 10.3 Å². The van der Waals surface area contributed by atoms with E-state index in [1.54, 1.807) is 24.4 Å². The molecule has 3 rings (SSSR count). The molecule has 6 heteroatoms. The predicted octanol–water partition coefficient (Wildman–Crippen LogP) is 3.32. The Balaban J connectivity index is 1.72. The number of carbonyl (C=O) groups is 1. The van der Waals surface area contributed by atoms with E-state index < -0.39 is 0 Å². The Morgan fingerprint density at radius 3 is 2.95 bits per heavy atom. The first kappa shape index (κ1) is 13.9. The first-order valence-electron chi connectivity index (χ1n) is 6.60. The molecule has 21 heavy (non-hydrogen) atoms. The Morgan fingerprint density at radius 1 is 1.43 bits per heavy atom. The quantitative estimate of drug-likeness (QED) is 0.946. The Hall–Kier alpha value is -2.01. The minimum Gasteiger partial charge on any atom is -0.294 e. The lowest BCUT2D eigenvalue weighted by Crippen LogP contribution is -2.17. The van der Waals surface area contributed by atoms with E-state index in [4.69, 9.17) is 11.6 Å². The topological polar surface area (TPSA) is 54.9 Å². The SMILES string of the molecule is Cc1ccnc(NC(=O)[C@@H]2C[C@H]2c2c(F)cccc2Cl)n1. The number of anilines is 1. The van der Waals surface area contributed by atoms with E-state index in [1.807, 2.05) is 6.92 Å². The van der Waals surface area contributed by atoms with Crippen LogP contribution < -0.4 is 5.32 Å². The summed E-state index contributed by atoms with van der Waals surface area (Å²) in [5.41, 5.74) is 1.19. The van der Waals surface area contributed by atoms with Crippen molar-refractivity contribution in [3.05, 3.63) is 52.6 Å². The maximum atomic E-state index is 13.8. The molecule has 1 aliphatic rings. The molecule has 2 aromatic rings. The summed E-state index contributed by atoms with van der Waals surface area (Å²) in [6.45, 7) is 1.82. The number of hydrogen-bond acceptors (Lipinski definition) is 3. The van der Waals surface area contributed by atoms with Crippen LogP contribution in [0.2, 0.25) is 5.02 Å². The Kier molecular flexibility index (Phi) is 3.59. The molecule has 0 unspecified atom stereocenters. The lowest BCUT2D eigenvalue weighted by molar-refractivity contribution is -0.117. The van der Waals surface area contributed by atoms with E-state index in [0.29, 0.717) is 17.0 Å². The molecule has 1 heterocycles. The second kappa shape index (κ2) is 5.41. The first-order valence-corrected chi connectivity index (χ1v) is 6.98. The fourth-order valence-electron chi connectivity index (χ4n) is 2.38. The first-order chi connectivity index (χ1) is 10.1. The van der Waals surface area contributed by atoms with Crippen molar-refractivity contribution in [3.63, 3.8) is 0 Å². The molecule has 1 fully saturated rings. The average molecular weight is 306 g/mol. The lowest BCUT2D eigenvalue weighted by atomic mass is 10.1. The highest BCUT2D eigenvalue weighted by atomic mass is 35.5. The number of aromatic nitrogens is 2. The van der Waals surface area contributed by atoms with Crippen molar-refractivity contribution in [2.45, 2.75) is 19.3 Å². The van der Waals surface area contributed by atoms with Gasteiger partial charge in [0, 0.05) is 34.3 Å². The van der Waals surface area contributed by atoms with E-state index in [-0.39, 0.29) is 29.5 Å². The number of amides is 1. The Morgan fingerprint density at radius 2 is 2.24 bits per heavy atom. The van der Waals surface area contributed by atoms with Crippen LogP contribution >= 0.6 is 11.6 Å². The van der Waals surface area contributed by atoms with Gasteiger partial charge >= 0.3 is 0 Å². The van der Waals surface area contributed by atoms with Crippen LogP contribution in [0.3, 0.4) is 0 Å². The Bertz CT molecular complexity index is 687. The molecule has 1 aromatic carbocycles. The third-order valence-electron chi connectivity index (χ3n) is 3.53. The molecule has 4 nitrogen and oxygen atoms in total. The fourth-order valence-corrected chi connectivity index (χ4v) is 2.68. The summed E-state index contributed by atoms with van der Waals surface area (Å²) >= 11 is 6.02. The van der Waals surface area contributed by atoms with Gasteiger partial charge in [-0.3, -0.25) is 10.1 Å². The minimum atomic E-state index is -0.366. The maximum absolute atomic E-state index is 13.8. The molecule has 1 amide bonds. The molecule has 0 spiro atoms. The van der Waals surface area contributed by atoms with Crippen molar-refractivity contribution in [3.8, 4) is 0 Å². The summed E-state index contributed by atoms with van der Waals surface area (Å²) in [5.74, 6) is -0.767. The van der Waals surface area contributed by atoms with Crippen molar-refractivity contribution in [1.82, 2.24) is 9.97 Å². The van der Waals surface area contributed by atoms with Crippen LogP contribution in [0.1, 0.15) is 23.6 Å². The molecule has 0 radical (unpaired) electrons. The molecule has 0 bridgehead atoms. The second-order valence-electron chi connectivity index (χ2n) is 5.09. The van der Waals surface area contributed by atoms with Gasteiger partial charge in [0.15, 0.2) is 0 Å². The van der Waals surface area contributed by atoms with E-state index in [2.05, 4.69) is 15.3 Å². The highest BCUT2D eigenvalue weighted by Gasteiger charge is 2.46. The summed E-state index contributed by atoms with van der Waals surface area (Å²) in [4.78, 5) is 20.2. The zero-order chi connectivity index (χ0) is 15.0. The van der Waals surface area contributed by atoms with Gasteiger partial charge in [-0.05, 0) is 31.5 Å². The third kappa shape index (κ3) is 2.88. The van der Waals surface area contributed by atoms with Gasteiger partial charge in [0.2, 0.25) is 11.9 Å². The Labute approximate surface area is 126 Å². The van der Waals surface area contributed by atoms with Gasteiger partial charge in [0.1, 0.15) is 5.82 Å². The van der Waals surface area contributed by atoms with Crippen LogP contribution in [0.25, 0.3) is 0 Å². The minimum absolute atomic E-state index is 0.177. The van der Waals surface area contributed by atoms with Gasteiger partial charge in [-0.1, -0.05) is 17.7 Å². The van der Waals surface area contributed by atoms with E-state index in [0.717, 1.165) is 5.69 Å². The van der Waals surface area contributed by atoms with Gasteiger partial charge in [0.25, 0.3) is 0 Å². The monoisotopic (exact) mass is 305 g/mol. The zero-order valence-electron chi connectivity index (χ0n) is 11.3. The molecule has 1 aliphatic carbocycles. The number of halogens is 2. The highest BCUT2D eigenvalue weighted by Crippen LogP contribution is 2.50. The van der Waals surface area contributed by atoms with Gasteiger partial charge in [0.05, 0.1) is 0 Å². The molecular formula is C15H13ClFN3O. The van der Waals surface area contributed by atoms with Crippen LogP contribution in [0.5, 0.6) is 0 Å². The fraction of sp³-hybridized carbons (Fsp3) is 0.267. The van der Waals surface area contributed by atoms with Gasteiger partial charge in [-0.2, -0.15) is 0 Å². The third-order valence-corrected chi connectivity index (χ3v) is 3.86. The number of carbonyl (C=O) groups excluding carboxylic acids is 1. The number of benzene rings is 1. The van der Waals surface area contributed by atoms with Gasteiger partial charge in [-0.25, -0.2) is 14.4 Å². The largest absolute Gasteiger partial charge is 0.294 e. The number of nitrogens with zero attached hydrogens (tertiary/aromatic N) is 2. The summed E-state index contributed by atoms with van der Waals surface area (Å²) in [7, 11) is 0. The maximum Gasteiger partial charge on any atom is 0.230 e. The summed E-state index contributed by atoms with van der Waals surface area (Å²) in [6.07, 6.45) is 2.16. The molecule has 0 saturated heterocycles. The van der Waals surface area contributed by atoms with Gasteiger partial charge in [-0.15, -0.1) is 0 Å².